The third kappa shape index (κ3) is 4.80. The molecule has 0 aliphatic carbocycles. The van der Waals surface area contributed by atoms with Crippen LogP contribution >= 0.6 is 12.4 Å². The number of benzene rings is 1. The normalized spacial score (nSPS) is 21.9. The number of carbonyl (C=O) groups is 1. The van der Waals surface area contributed by atoms with Crippen LogP contribution in [0.25, 0.3) is 0 Å². The smallest absolute Gasteiger partial charge is 0.223 e. The van der Waals surface area contributed by atoms with Crippen LogP contribution in [0.2, 0.25) is 0 Å². The van der Waals surface area contributed by atoms with E-state index in [-0.39, 0.29) is 24.2 Å². The second kappa shape index (κ2) is 8.28. The quantitative estimate of drug-likeness (QED) is 0.896. The Balaban J connectivity index is 0.00000200. The molecule has 0 spiro atoms. The number of aryl methyl sites for hydroxylation is 1. The van der Waals surface area contributed by atoms with Gasteiger partial charge in [0, 0.05) is 18.5 Å². The van der Waals surface area contributed by atoms with Crippen LogP contribution in [0.15, 0.2) is 24.3 Å². The Labute approximate surface area is 127 Å². The predicted octanol–water partition coefficient (Wildman–Crippen LogP) is 2.46. The Bertz CT molecular complexity index is 436. The molecule has 1 aliphatic heterocycles. The molecule has 3 nitrogen and oxygen atoms in total. The molecule has 0 bridgehead atoms. The highest BCUT2D eigenvalue weighted by Crippen LogP contribution is 2.16. The van der Waals surface area contributed by atoms with E-state index in [1.807, 2.05) is 6.07 Å². The number of nitrogens with one attached hydrogen (secondary N) is 2. The third-order valence-corrected chi connectivity index (χ3v) is 3.95. The molecule has 0 radical (unpaired) electrons. The van der Waals surface area contributed by atoms with Crippen LogP contribution in [-0.4, -0.2) is 25.0 Å². The summed E-state index contributed by atoms with van der Waals surface area (Å²) in [5.41, 5.74) is 2.62. The maximum atomic E-state index is 12.1. The molecule has 1 aliphatic rings. The number of carbonyl (C=O) groups excluding carboxylic acids is 1. The van der Waals surface area contributed by atoms with Crippen molar-refractivity contribution in [1.82, 2.24) is 10.6 Å². The van der Waals surface area contributed by atoms with E-state index in [2.05, 4.69) is 42.7 Å². The van der Waals surface area contributed by atoms with Crippen molar-refractivity contribution in [2.75, 3.05) is 13.1 Å². The van der Waals surface area contributed by atoms with Crippen LogP contribution in [0.1, 0.15) is 30.9 Å². The first-order valence-corrected chi connectivity index (χ1v) is 7.22. The minimum absolute atomic E-state index is 0. The van der Waals surface area contributed by atoms with Crippen molar-refractivity contribution in [2.24, 2.45) is 5.92 Å². The first kappa shape index (κ1) is 17.0. The molecule has 0 aromatic heterocycles. The monoisotopic (exact) mass is 296 g/mol. The molecular formula is C16H25ClN2O. The van der Waals surface area contributed by atoms with E-state index < -0.39 is 0 Å². The van der Waals surface area contributed by atoms with E-state index >= 15 is 0 Å². The summed E-state index contributed by atoms with van der Waals surface area (Å²) in [6, 6.07) is 8.81. The van der Waals surface area contributed by atoms with Gasteiger partial charge in [0.2, 0.25) is 5.91 Å². The van der Waals surface area contributed by atoms with Crippen molar-refractivity contribution >= 4 is 18.3 Å². The van der Waals surface area contributed by atoms with Crippen molar-refractivity contribution in [3.05, 3.63) is 35.4 Å². The molecule has 0 saturated carbocycles. The molecule has 1 fully saturated rings. The highest BCUT2D eigenvalue weighted by molar-refractivity contribution is 5.85. The number of halogens is 1. The zero-order chi connectivity index (χ0) is 13.7. The number of piperidine rings is 1. The van der Waals surface area contributed by atoms with Gasteiger partial charge in [-0.1, -0.05) is 24.3 Å². The molecule has 2 N–H and O–H groups in total. The molecule has 4 heteroatoms. The first-order valence-electron chi connectivity index (χ1n) is 7.22. The van der Waals surface area contributed by atoms with Gasteiger partial charge in [-0.05, 0) is 50.8 Å². The fraction of sp³-hybridized carbons (Fsp3) is 0.562. The van der Waals surface area contributed by atoms with E-state index in [1.165, 1.54) is 11.1 Å². The highest BCUT2D eigenvalue weighted by atomic mass is 35.5. The summed E-state index contributed by atoms with van der Waals surface area (Å²) < 4.78 is 0. The summed E-state index contributed by atoms with van der Waals surface area (Å²) in [5.74, 6) is 0.412. The second-order valence-electron chi connectivity index (χ2n) is 5.54. The second-order valence-corrected chi connectivity index (χ2v) is 5.54. The van der Waals surface area contributed by atoms with Gasteiger partial charge < -0.3 is 10.6 Å². The number of hydrogen-bond donors (Lipinski definition) is 2. The Morgan fingerprint density at radius 3 is 2.85 bits per heavy atom. The minimum atomic E-state index is 0. The van der Waals surface area contributed by atoms with Gasteiger partial charge >= 0.3 is 0 Å². The van der Waals surface area contributed by atoms with Crippen LogP contribution in [0.5, 0.6) is 0 Å². The lowest BCUT2D eigenvalue weighted by Gasteiger charge is -2.27. The summed E-state index contributed by atoms with van der Waals surface area (Å²) in [6.45, 7) is 5.96. The molecular weight excluding hydrogens is 272 g/mol. The van der Waals surface area contributed by atoms with Gasteiger partial charge in [-0.3, -0.25) is 4.79 Å². The third-order valence-electron chi connectivity index (χ3n) is 3.95. The number of hydrogen-bond acceptors (Lipinski definition) is 2. The summed E-state index contributed by atoms with van der Waals surface area (Å²) >= 11 is 0. The molecule has 2 atom stereocenters. The predicted molar refractivity (Wildman–Crippen MR) is 85.3 cm³/mol. The largest absolute Gasteiger partial charge is 0.356 e. The zero-order valence-electron chi connectivity index (χ0n) is 12.3. The van der Waals surface area contributed by atoms with E-state index in [4.69, 9.17) is 0 Å². The summed E-state index contributed by atoms with van der Waals surface area (Å²) in [7, 11) is 0. The molecule has 1 aromatic rings. The summed E-state index contributed by atoms with van der Waals surface area (Å²) in [5, 5.41) is 6.46. The molecule has 112 valence electrons. The van der Waals surface area contributed by atoms with E-state index in [1.54, 1.807) is 0 Å². The van der Waals surface area contributed by atoms with Crippen LogP contribution < -0.4 is 10.6 Å². The van der Waals surface area contributed by atoms with Gasteiger partial charge in [0.15, 0.2) is 0 Å². The molecule has 1 heterocycles. The van der Waals surface area contributed by atoms with Gasteiger partial charge in [0.1, 0.15) is 0 Å². The highest BCUT2D eigenvalue weighted by Gasteiger charge is 2.24. The lowest BCUT2D eigenvalue weighted by Crippen LogP contribution is -2.42. The molecule has 20 heavy (non-hydrogen) atoms. The van der Waals surface area contributed by atoms with Crippen LogP contribution in [-0.2, 0) is 11.2 Å². The van der Waals surface area contributed by atoms with Crippen LogP contribution in [0, 0.1) is 12.8 Å². The Kier molecular flexibility index (Phi) is 7.03. The van der Waals surface area contributed by atoms with E-state index in [0.717, 1.165) is 32.4 Å². The summed E-state index contributed by atoms with van der Waals surface area (Å²) in [6.07, 6.45) is 2.83. The topological polar surface area (TPSA) is 41.1 Å². The van der Waals surface area contributed by atoms with Crippen molar-refractivity contribution in [1.29, 1.82) is 0 Å². The Hall–Kier alpha value is -1.06. The van der Waals surface area contributed by atoms with Crippen molar-refractivity contribution in [2.45, 2.75) is 39.2 Å². The molecule has 1 aromatic carbocycles. The van der Waals surface area contributed by atoms with Crippen molar-refractivity contribution in [3.8, 4) is 0 Å². The number of rotatable bonds is 4. The number of amides is 1. The standard InChI is InChI=1S/C16H24N2O.ClH/c1-12-5-3-4-6-14(12)7-10-18-16(19)15-8-9-17-13(2)11-15;/h3-6,13,15,17H,7-11H2,1-2H3,(H,18,19);1H/t13-,15-;/m0./s1. The maximum absolute atomic E-state index is 12.1. The summed E-state index contributed by atoms with van der Waals surface area (Å²) in [4.78, 5) is 12.1. The average Bonchev–Trinajstić information content (AvgIpc) is 2.41. The lowest BCUT2D eigenvalue weighted by atomic mass is 9.92. The van der Waals surface area contributed by atoms with Gasteiger partial charge in [-0.2, -0.15) is 0 Å². The van der Waals surface area contributed by atoms with Gasteiger partial charge in [0.25, 0.3) is 0 Å². The molecule has 1 saturated heterocycles. The van der Waals surface area contributed by atoms with E-state index in [9.17, 15) is 4.79 Å². The molecule has 1 amide bonds. The minimum Gasteiger partial charge on any atom is -0.356 e. The lowest BCUT2D eigenvalue weighted by molar-refractivity contribution is -0.126. The van der Waals surface area contributed by atoms with Gasteiger partial charge in [-0.25, -0.2) is 0 Å². The van der Waals surface area contributed by atoms with Crippen molar-refractivity contribution < 1.29 is 4.79 Å². The van der Waals surface area contributed by atoms with Crippen molar-refractivity contribution in [3.63, 3.8) is 0 Å². The van der Waals surface area contributed by atoms with Gasteiger partial charge in [0.05, 0.1) is 0 Å². The first-order chi connectivity index (χ1) is 9.16. The zero-order valence-corrected chi connectivity index (χ0v) is 13.1. The Morgan fingerprint density at radius 1 is 1.40 bits per heavy atom. The van der Waals surface area contributed by atoms with Gasteiger partial charge in [-0.15, -0.1) is 12.4 Å². The fourth-order valence-corrected chi connectivity index (χ4v) is 2.73. The van der Waals surface area contributed by atoms with Crippen LogP contribution in [0.3, 0.4) is 0 Å². The Morgan fingerprint density at radius 2 is 2.15 bits per heavy atom. The van der Waals surface area contributed by atoms with E-state index in [0.29, 0.717) is 6.04 Å². The fourth-order valence-electron chi connectivity index (χ4n) is 2.73. The maximum Gasteiger partial charge on any atom is 0.223 e. The van der Waals surface area contributed by atoms with Crippen LogP contribution in [0.4, 0.5) is 0 Å². The molecule has 2 rings (SSSR count). The average molecular weight is 297 g/mol. The SMILES string of the molecule is Cc1ccccc1CCNC(=O)[C@H]1CCN[C@@H](C)C1.Cl. The molecule has 0 unspecified atom stereocenters.